The number of hydrogen-bond acceptors (Lipinski definition) is 3. The van der Waals surface area contributed by atoms with Crippen LogP contribution in [0.4, 0.5) is 39.8 Å². The van der Waals surface area contributed by atoms with Crippen LogP contribution in [0.25, 0.3) is 29.1 Å². The normalized spacial score (nSPS) is 11.0. The van der Waals surface area contributed by atoms with Gasteiger partial charge in [0, 0.05) is 34.1 Å². The van der Waals surface area contributed by atoms with Gasteiger partial charge >= 0.3 is 0 Å². The molecule has 270 valence electrons. The summed E-state index contributed by atoms with van der Waals surface area (Å²) < 4.78 is 0. The molecule has 4 nitrogen and oxygen atoms in total. The van der Waals surface area contributed by atoms with Crippen molar-refractivity contribution in [2.45, 2.75) is 27.7 Å². The average molecular weight is 723 g/mol. The summed E-state index contributed by atoms with van der Waals surface area (Å²) in [5, 5.41) is 10.1. The Kier molecular flexibility index (Phi) is 11.0. The molecular weight excluding hydrogens is 681 g/mol. The Bertz CT molecular complexity index is 2310. The number of nitrogens with zero attached hydrogens (tertiary/aromatic N) is 4. The molecule has 0 unspecified atom stereocenters. The van der Waals surface area contributed by atoms with Crippen LogP contribution in [0.3, 0.4) is 0 Å². The predicted molar refractivity (Wildman–Crippen MR) is 236 cm³/mol. The molecule has 0 aromatic heterocycles. The summed E-state index contributed by atoms with van der Waals surface area (Å²) in [6.45, 7) is 16.3. The fourth-order valence-electron chi connectivity index (χ4n) is 6.60. The second kappa shape index (κ2) is 16.7. The lowest BCUT2D eigenvalue weighted by Crippen LogP contribution is -2.09. The molecule has 0 aliphatic rings. The number of aryl methyl sites for hydroxylation is 4. The maximum absolute atomic E-state index is 10.1. The molecule has 0 saturated heterocycles. The second-order valence-electron chi connectivity index (χ2n) is 14.1. The molecule has 4 heteroatoms. The predicted octanol–water partition coefficient (Wildman–Crippen LogP) is 14.6. The van der Waals surface area contributed by atoms with Crippen molar-refractivity contribution in [1.82, 2.24) is 0 Å². The van der Waals surface area contributed by atoms with Gasteiger partial charge in [0.05, 0.1) is 18.2 Å². The van der Waals surface area contributed by atoms with Crippen molar-refractivity contribution in [2.75, 3.05) is 9.80 Å². The molecule has 0 aliphatic heterocycles. The van der Waals surface area contributed by atoms with Gasteiger partial charge in [-0.15, -0.1) is 0 Å². The van der Waals surface area contributed by atoms with Crippen molar-refractivity contribution in [2.24, 2.45) is 0 Å². The molecule has 0 aliphatic carbocycles. The van der Waals surface area contributed by atoms with Crippen LogP contribution in [-0.4, -0.2) is 0 Å². The van der Waals surface area contributed by atoms with Crippen LogP contribution >= 0.6 is 0 Å². The monoisotopic (exact) mass is 722 g/mol. The van der Waals surface area contributed by atoms with Crippen LogP contribution in [-0.2, 0) is 0 Å². The lowest BCUT2D eigenvalue weighted by Gasteiger charge is -2.26. The van der Waals surface area contributed by atoms with E-state index in [-0.39, 0.29) is 0 Å². The van der Waals surface area contributed by atoms with Gasteiger partial charge in [-0.1, -0.05) is 119 Å². The SMILES string of the molecule is [C-]#[N+]c1cc(C=Cc2ccc(N(c3ccc(C)cc3)c3ccc(C)cc3)cc2)c(C#N)cc1C=Cc1ccc(N(c2ccc(C)cc2)c2ccc(C)cc2)cc1. The smallest absolute Gasteiger partial charge is 0.194 e. The van der Waals surface area contributed by atoms with Gasteiger partial charge in [0.25, 0.3) is 0 Å². The first-order valence-electron chi connectivity index (χ1n) is 18.7. The quantitative estimate of drug-likeness (QED) is 0.104. The van der Waals surface area contributed by atoms with E-state index in [0.717, 1.165) is 45.3 Å². The minimum atomic E-state index is 0.489. The highest BCUT2D eigenvalue weighted by molar-refractivity contribution is 5.84. The zero-order valence-corrected chi connectivity index (χ0v) is 32.1. The minimum Gasteiger partial charge on any atom is -0.311 e. The molecule has 56 heavy (non-hydrogen) atoms. The van der Waals surface area contributed by atoms with Crippen molar-refractivity contribution in [1.29, 1.82) is 5.26 Å². The molecular formula is C52H42N4. The summed E-state index contributed by atoms with van der Waals surface area (Å²) >= 11 is 0. The van der Waals surface area contributed by atoms with Gasteiger partial charge in [-0.05, 0) is 135 Å². The van der Waals surface area contributed by atoms with E-state index in [1.165, 1.54) is 22.3 Å². The fourth-order valence-corrected chi connectivity index (χ4v) is 6.60. The molecule has 7 aromatic rings. The molecule has 0 saturated carbocycles. The number of hydrogen-bond donors (Lipinski definition) is 0. The van der Waals surface area contributed by atoms with Crippen molar-refractivity contribution in [3.05, 3.63) is 219 Å². The maximum atomic E-state index is 10.1. The van der Waals surface area contributed by atoms with Crippen molar-refractivity contribution in [3.63, 3.8) is 0 Å². The molecule has 0 heterocycles. The Labute approximate surface area is 331 Å². The summed E-state index contributed by atoms with van der Waals surface area (Å²) in [4.78, 5) is 8.32. The average Bonchev–Trinajstić information content (AvgIpc) is 3.23. The molecule has 0 amide bonds. The number of nitriles is 1. The Morgan fingerprint density at radius 2 is 0.732 bits per heavy atom. The standard InChI is InChI=1S/C52H42N4/c1-37-6-22-46(23-7-37)55(47-24-8-38(2)9-25-47)50-30-16-41(17-31-50)14-20-43-35-52(54-5)44(34-45(43)36-53)21-15-42-18-32-51(33-19-42)56(48-26-10-39(3)11-27-48)49-28-12-40(4)13-29-49/h6-35H,1-4H3. The second-order valence-corrected chi connectivity index (χ2v) is 14.1. The topological polar surface area (TPSA) is 34.6 Å². The van der Waals surface area contributed by atoms with Crippen LogP contribution in [0.1, 0.15) is 50.1 Å². The molecule has 0 N–H and O–H groups in total. The molecule has 7 rings (SSSR count). The first-order valence-corrected chi connectivity index (χ1v) is 18.7. The fraction of sp³-hybridized carbons (Fsp3) is 0.0769. The number of rotatable bonds is 10. The molecule has 0 radical (unpaired) electrons. The maximum Gasteiger partial charge on any atom is 0.194 e. The van der Waals surface area contributed by atoms with Gasteiger partial charge in [-0.3, -0.25) is 0 Å². The van der Waals surface area contributed by atoms with Gasteiger partial charge in [0.1, 0.15) is 0 Å². The first kappa shape index (κ1) is 36.9. The van der Waals surface area contributed by atoms with Crippen LogP contribution in [0, 0.1) is 45.6 Å². The van der Waals surface area contributed by atoms with E-state index in [1.54, 1.807) is 12.1 Å². The van der Waals surface area contributed by atoms with Gasteiger partial charge in [0.2, 0.25) is 0 Å². The number of anilines is 6. The summed E-state index contributed by atoms with van der Waals surface area (Å²) in [6, 6.07) is 56.9. The van der Waals surface area contributed by atoms with Crippen LogP contribution in [0.2, 0.25) is 0 Å². The lowest BCUT2D eigenvalue weighted by molar-refractivity contribution is 1.27. The van der Waals surface area contributed by atoms with Crippen LogP contribution in [0.15, 0.2) is 158 Å². The first-order chi connectivity index (χ1) is 27.3. The van der Waals surface area contributed by atoms with Gasteiger partial charge in [0.15, 0.2) is 5.69 Å². The van der Waals surface area contributed by atoms with Gasteiger partial charge < -0.3 is 9.80 Å². The molecule has 0 spiro atoms. The van der Waals surface area contributed by atoms with E-state index in [2.05, 4.69) is 194 Å². The Hall–Kier alpha value is -7.40. The highest BCUT2D eigenvalue weighted by Gasteiger charge is 2.14. The van der Waals surface area contributed by atoms with E-state index in [1.807, 2.05) is 24.3 Å². The Balaban J connectivity index is 1.11. The largest absolute Gasteiger partial charge is 0.311 e. The van der Waals surface area contributed by atoms with Crippen molar-refractivity contribution in [3.8, 4) is 6.07 Å². The molecule has 7 aromatic carbocycles. The number of benzene rings is 7. The highest BCUT2D eigenvalue weighted by Crippen LogP contribution is 2.37. The summed E-state index contributed by atoms with van der Waals surface area (Å²) in [7, 11) is 0. The Morgan fingerprint density at radius 1 is 0.429 bits per heavy atom. The van der Waals surface area contributed by atoms with Crippen molar-refractivity contribution < 1.29 is 0 Å². The third-order valence-corrected chi connectivity index (χ3v) is 9.82. The van der Waals surface area contributed by atoms with Gasteiger partial charge in [-0.25, -0.2) is 4.85 Å². The summed E-state index contributed by atoms with van der Waals surface area (Å²) in [5.41, 5.74) is 15.7. The van der Waals surface area contributed by atoms with E-state index in [0.29, 0.717) is 22.4 Å². The molecule has 0 fully saturated rings. The third kappa shape index (κ3) is 8.53. The minimum absolute atomic E-state index is 0.489. The van der Waals surface area contributed by atoms with E-state index >= 15 is 0 Å². The zero-order valence-electron chi connectivity index (χ0n) is 32.1. The van der Waals surface area contributed by atoms with Crippen molar-refractivity contribution >= 4 is 64.1 Å². The zero-order chi connectivity index (χ0) is 39.0. The van der Waals surface area contributed by atoms with Gasteiger partial charge in [-0.2, -0.15) is 5.26 Å². The highest BCUT2D eigenvalue weighted by atomic mass is 15.1. The van der Waals surface area contributed by atoms with E-state index < -0.39 is 0 Å². The third-order valence-electron chi connectivity index (χ3n) is 9.82. The van der Waals surface area contributed by atoms with Crippen LogP contribution in [0.5, 0.6) is 0 Å². The molecule has 0 bridgehead atoms. The molecule has 0 atom stereocenters. The summed E-state index contributed by atoms with van der Waals surface area (Å²) in [6.07, 6.45) is 7.81. The van der Waals surface area contributed by atoms with E-state index in [9.17, 15) is 5.26 Å². The Morgan fingerprint density at radius 3 is 1.04 bits per heavy atom. The summed E-state index contributed by atoms with van der Waals surface area (Å²) in [5.74, 6) is 0. The van der Waals surface area contributed by atoms with Crippen LogP contribution < -0.4 is 9.80 Å². The van der Waals surface area contributed by atoms with E-state index in [4.69, 9.17) is 6.57 Å². The lowest BCUT2D eigenvalue weighted by atomic mass is 10.0.